The maximum atomic E-state index is 6.06. The first-order valence-electron chi connectivity index (χ1n) is 7.22. The first-order valence-corrected chi connectivity index (χ1v) is 7.22. The number of pyridine rings is 1. The minimum absolute atomic E-state index is 0.279. The van der Waals surface area contributed by atoms with Gasteiger partial charge in [-0.2, -0.15) is 0 Å². The van der Waals surface area contributed by atoms with Gasteiger partial charge in [0.25, 0.3) is 0 Å². The summed E-state index contributed by atoms with van der Waals surface area (Å²) < 4.78 is 0. The highest BCUT2D eigenvalue weighted by Crippen LogP contribution is 2.32. The number of nitrogens with two attached hydrogens (primary N) is 1. The summed E-state index contributed by atoms with van der Waals surface area (Å²) in [4.78, 5) is 4.33. The fourth-order valence-corrected chi connectivity index (χ4v) is 2.43. The Morgan fingerprint density at radius 3 is 2.77 bits per heavy atom. The minimum atomic E-state index is 0.279. The summed E-state index contributed by atoms with van der Waals surface area (Å²) in [5.74, 6) is 0.736. The van der Waals surface area contributed by atoms with E-state index in [1.54, 1.807) is 6.20 Å². The summed E-state index contributed by atoms with van der Waals surface area (Å²) in [6.07, 6.45) is 1.78. The summed E-state index contributed by atoms with van der Waals surface area (Å²) in [5.41, 5.74) is 11.8. The molecule has 0 aliphatic heterocycles. The van der Waals surface area contributed by atoms with Crippen molar-refractivity contribution in [1.82, 2.24) is 20.4 Å². The lowest BCUT2D eigenvalue weighted by Gasteiger charge is -2.09. The first kappa shape index (κ1) is 14.3. The van der Waals surface area contributed by atoms with Crippen LogP contribution in [0.5, 0.6) is 0 Å². The standard InChI is InChI=1S/C17H18N5/c1-10(2)15-16(21-22-20-15)14-8-13(9-19-17(14)18)12-6-4-5-11(3)7-12/h4,6-10H,1-3H3,(H2,18,19)(H,20,21,22). The normalized spacial score (nSPS) is 11.1. The van der Waals surface area contributed by atoms with Crippen LogP contribution in [0.25, 0.3) is 22.4 Å². The molecule has 111 valence electrons. The monoisotopic (exact) mass is 292 g/mol. The summed E-state index contributed by atoms with van der Waals surface area (Å²) in [7, 11) is 0. The molecule has 0 amide bonds. The summed E-state index contributed by atoms with van der Waals surface area (Å²) >= 11 is 0. The summed E-state index contributed by atoms with van der Waals surface area (Å²) in [6, 6.07) is 11.2. The van der Waals surface area contributed by atoms with Gasteiger partial charge in [0.1, 0.15) is 11.5 Å². The van der Waals surface area contributed by atoms with Crippen molar-refractivity contribution in [3.05, 3.63) is 47.8 Å². The molecule has 0 atom stereocenters. The maximum absolute atomic E-state index is 6.06. The van der Waals surface area contributed by atoms with Crippen LogP contribution in [0, 0.1) is 13.0 Å². The second kappa shape index (κ2) is 5.60. The number of benzene rings is 1. The summed E-state index contributed by atoms with van der Waals surface area (Å²) in [6.45, 7) is 6.19. The minimum Gasteiger partial charge on any atom is -0.383 e. The van der Waals surface area contributed by atoms with Gasteiger partial charge in [0.05, 0.1) is 5.69 Å². The molecular formula is C17H18N5. The Labute approximate surface area is 129 Å². The number of aromatic amines is 1. The molecule has 3 aromatic rings. The average Bonchev–Trinajstić information content (AvgIpc) is 2.97. The zero-order chi connectivity index (χ0) is 15.7. The molecule has 22 heavy (non-hydrogen) atoms. The quantitative estimate of drug-likeness (QED) is 0.775. The fourth-order valence-electron chi connectivity index (χ4n) is 2.43. The smallest absolute Gasteiger partial charge is 0.132 e. The molecule has 5 nitrogen and oxygen atoms in total. The van der Waals surface area contributed by atoms with Crippen LogP contribution in [0.3, 0.4) is 0 Å². The van der Waals surface area contributed by atoms with Crippen molar-refractivity contribution >= 4 is 5.82 Å². The van der Waals surface area contributed by atoms with Crippen molar-refractivity contribution in [3.8, 4) is 22.4 Å². The molecular weight excluding hydrogens is 274 g/mol. The molecule has 1 radical (unpaired) electrons. The van der Waals surface area contributed by atoms with Crippen molar-refractivity contribution < 1.29 is 0 Å². The molecule has 2 heterocycles. The van der Waals surface area contributed by atoms with Crippen molar-refractivity contribution in [2.45, 2.75) is 26.7 Å². The molecule has 0 spiro atoms. The van der Waals surface area contributed by atoms with Crippen molar-refractivity contribution in [2.24, 2.45) is 0 Å². The fraction of sp³-hybridized carbons (Fsp3) is 0.235. The van der Waals surface area contributed by atoms with E-state index < -0.39 is 0 Å². The molecule has 0 unspecified atom stereocenters. The Kier molecular flexibility index (Phi) is 3.63. The van der Waals surface area contributed by atoms with Gasteiger partial charge in [0.15, 0.2) is 0 Å². The van der Waals surface area contributed by atoms with E-state index in [2.05, 4.69) is 46.4 Å². The van der Waals surface area contributed by atoms with Crippen molar-refractivity contribution in [1.29, 1.82) is 0 Å². The predicted molar refractivity (Wildman–Crippen MR) is 87.1 cm³/mol. The maximum Gasteiger partial charge on any atom is 0.132 e. The number of nitrogens with one attached hydrogen (secondary N) is 1. The zero-order valence-corrected chi connectivity index (χ0v) is 12.9. The van der Waals surface area contributed by atoms with E-state index in [1.807, 2.05) is 25.1 Å². The van der Waals surface area contributed by atoms with Crippen molar-refractivity contribution in [2.75, 3.05) is 5.73 Å². The van der Waals surface area contributed by atoms with Crippen LogP contribution in [-0.2, 0) is 0 Å². The Morgan fingerprint density at radius 1 is 1.23 bits per heavy atom. The number of nitrogens with zero attached hydrogens (tertiary/aromatic N) is 3. The number of rotatable bonds is 3. The average molecular weight is 292 g/mol. The molecule has 0 aliphatic rings. The zero-order valence-electron chi connectivity index (χ0n) is 12.9. The van der Waals surface area contributed by atoms with Gasteiger partial charge in [0.2, 0.25) is 0 Å². The number of aromatic nitrogens is 4. The van der Waals surface area contributed by atoms with Crippen LogP contribution in [0.15, 0.2) is 30.5 Å². The molecule has 0 fully saturated rings. The Balaban J connectivity index is 2.13. The molecule has 0 aliphatic carbocycles. The number of hydrogen-bond acceptors (Lipinski definition) is 4. The van der Waals surface area contributed by atoms with Crippen LogP contribution in [0.2, 0.25) is 0 Å². The molecule has 5 heteroatoms. The van der Waals surface area contributed by atoms with Crippen molar-refractivity contribution in [3.63, 3.8) is 0 Å². The van der Waals surface area contributed by atoms with E-state index >= 15 is 0 Å². The van der Waals surface area contributed by atoms with Crippen LogP contribution in [0.4, 0.5) is 5.82 Å². The third-order valence-corrected chi connectivity index (χ3v) is 3.61. The molecule has 3 N–H and O–H groups in total. The Hall–Kier alpha value is -2.69. The van der Waals surface area contributed by atoms with E-state index in [-0.39, 0.29) is 5.92 Å². The van der Waals surface area contributed by atoms with Gasteiger partial charge >= 0.3 is 0 Å². The lowest BCUT2D eigenvalue weighted by atomic mass is 9.99. The number of nitrogen functional groups attached to an aromatic ring is 1. The van der Waals surface area contributed by atoms with E-state index in [0.717, 1.165) is 33.6 Å². The SMILES string of the molecule is Cc1[c]ccc(-c2cnc(N)c(-c3nn[nH]c3C(C)C)c2)c1. The van der Waals surface area contributed by atoms with Gasteiger partial charge in [0, 0.05) is 17.3 Å². The number of hydrogen-bond donors (Lipinski definition) is 2. The van der Waals surface area contributed by atoms with Crippen LogP contribution in [-0.4, -0.2) is 20.4 Å². The van der Waals surface area contributed by atoms with E-state index in [1.165, 1.54) is 0 Å². The Morgan fingerprint density at radius 2 is 2.05 bits per heavy atom. The van der Waals surface area contributed by atoms with Gasteiger partial charge in [-0.15, -0.1) is 5.10 Å². The first-order chi connectivity index (χ1) is 10.6. The van der Waals surface area contributed by atoms with E-state index in [0.29, 0.717) is 5.82 Å². The van der Waals surface area contributed by atoms with Gasteiger partial charge in [-0.3, -0.25) is 5.10 Å². The third-order valence-electron chi connectivity index (χ3n) is 3.61. The lowest BCUT2D eigenvalue weighted by Crippen LogP contribution is -1.98. The second-order valence-corrected chi connectivity index (χ2v) is 5.65. The van der Waals surface area contributed by atoms with Gasteiger partial charge in [-0.1, -0.05) is 37.3 Å². The topological polar surface area (TPSA) is 80.5 Å². The third kappa shape index (κ3) is 2.57. The van der Waals surface area contributed by atoms with E-state index in [9.17, 15) is 0 Å². The number of anilines is 1. The molecule has 0 saturated carbocycles. The van der Waals surface area contributed by atoms with Crippen LogP contribution >= 0.6 is 0 Å². The Bertz CT molecular complexity index is 804. The molecule has 0 saturated heterocycles. The number of H-pyrrole nitrogens is 1. The largest absolute Gasteiger partial charge is 0.383 e. The molecule has 2 aromatic heterocycles. The van der Waals surface area contributed by atoms with Gasteiger partial charge in [-0.05, 0) is 36.1 Å². The van der Waals surface area contributed by atoms with Crippen LogP contribution in [0.1, 0.15) is 31.0 Å². The highest BCUT2D eigenvalue weighted by Gasteiger charge is 2.16. The van der Waals surface area contributed by atoms with E-state index in [4.69, 9.17) is 5.73 Å². The summed E-state index contributed by atoms with van der Waals surface area (Å²) in [5, 5.41) is 11.1. The molecule has 3 rings (SSSR count). The van der Waals surface area contributed by atoms with Crippen LogP contribution < -0.4 is 5.73 Å². The van der Waals surface area contributed by atoms with Gasteiger partial charge in [-0.25, -0.2) is 4.98 Å². The second-order valence-electron chi connectivity index (χ2n) is 5.65. The van der Waals surface area contributed by atoms with Gasteiger partial charge < -0.3 is 5.73 Å². The molecule has 1 aromatic carbocycles. The lowest BCUT2D eigenvalue weighted by molar-refractivity contribution is 0.805. The molecule has 0 bridgehead atoms. The number of aryl methyl sites for hydroxylation is 1. The highest BCUT2D eigenvalue weighted by molar-refractivity contribution is 5.78. The highest BCUT2D eigenvalue weighted by atomic mass is 15.3. The predicted octanol–water partition coefficient (Wildman–Crippen LogP) is 3.35.